The first-order valence-corrected chi connectivity index (χ1v) is 7.41. The van der Waals surface area contributed by atoms with Gasteiger partial charge in [0.05, 0.1) is 12.8 Å². The van der Waals surface area contributed by atoms with Crippen LogP contribution in [0.15, 0.2) is 12.1 Å². The van der Waals surface area contributed by atoms with E-state index in [1.54, 1.807) is 13.2 Å². The molecule has 112 valence electrons. The van der Waals surface area contributed by atoms with Crippen LogP contribution in [-0.2, 0) is 12.8 Å². The Labute approximate surface area is 128 Å². The van der Waals surface area contributed by atoms with Crippen molar-refractivity contribution in [2.75, 3.05) is 7.11 Å². The fourth-order valence-electron chi connectivity index (χ4n) is 2.98. The number of aromatic nitrogens is 1. The molecule has 0 fully saturated rings. The highest BCUT2D eigenvalue weighted by atomic mass is 35.5. The van der Waals surface area contributed by atoms with E-state index in [-0.39, 0.29) is 11.8 Å². The van der Waals surface area contributed by atoms with E-state index in [1.165, 1.54) is 4.57 Å². The Kier molecular flexibility index (Phi) is 3.49. The molecule has 0 saturated carbocycles. The molecule has 0 amide bonds. The van der Waals surface area contributed by atoms with Gasteiger partial charge in [0, 0.05) is 22.2 Å². The van der Waals surface area contributed by atoms with Crippen LogP contribution in [0.2, 0.25) is 5.02 Å². The number of aromatic hydroxyl groups is 2. The zero-order chi connectivity index (χ0) is 15.1. The maximum Gasteiger partial charge on any atom is 0.202 e. The Morgan fingerprint density at radius 2 is 1.67 bits per heavy atom. The van der Waals surface area contributed by atoms with Crippen LogP contribution in [0.5, 0.6) is 17.5 Å². The van der Waals surface area contributed by atoms with Gasteiger partial charge in [-0.05, 0) is 44.2 Å². The number of hydrogen-bond donors (Lipinski definition) is 2. The van der Waals surface area contributed by atoms with E-state index >= 15 is 0 Å². The summed E-state index contributed by atoms with van der Waals surface area (Å²) in [5.74, 6) is 0.716. The van der Waals surface area contributed by atoms with Gasteiger partial charge in [0.25, 0.3) is 0 Å². The fraction of sp³-hybridized carbons (Fsp3) is 0.375. The van der Waals surface area contributed by atoms with Crippen LogP contribution < -0.4 is 4.74 Å². The van der Waals surface area contributed by atoms with E-state index in [1.807, 2.05) is 13.0 Å². The van der Waals surface area contributed by atoms with Crippen LogP contribution in [0.3, 0.4) is 0 Å². The van der Waals surface area contributed by atoms with Crippen LogP contribution in [0.4, 0.5) is 0 Å². The molecule has 1 aromatic heterocycles. The maximum atomic E-state index is 10.5. The number of halogens is 1. The van der Waals surface area contributed by atoms with E-state index in [2.05, 4.69) is 0 Å². The molecule has 0 bridgehead atoms. The van der Waals surface area contributed by atoms with Gasteiger partial charge < -0.3 is 14.9 Å². The highest BCUT2D eigenvalue weighted by Gasteiger charge is 2.26. The molecule has 0 radical (unpaired) electrons. The van der Waals surface area contributed by atoms with Crippen LogP contribution in [0.1, 0.15) is 29.5 Å². The standard InChI is InChI=1S/C16H18ClNO3/c1-9-7-13(14(21-2)8-12(9)17)18-15(19)10-5-3-4-6-11(10)16(18)20/h7-8,19-20H,3-6H2,1-2H3. The van der Waals surface area contributed by atoms with Crippen molar-refractivity contribution >= 4 is 11.6 Å². The first-order valence-electron chi connectivity index (χ1n) is 7.03. The Balaban J connectivity index is 2.26. The summed E-state index contributed by atoms with van der Waals surface area (Å²) in [5.41, 5.74) is 3.14. The van der Waals surface area contributed by atoms with E-state index < -0.39 is 0 Å². The highest BCUT2D eigenvalue weighted by molar-refractivity contribution is 6.31. The van der Waals surface area contributed by atoms with Crippen LogP contribution in [0, 0.1) is 6.92 Å². The molecule has 0 aliphatic heterocycles. The van der Waals surface area contributed by atoms with Gasteiger partial charge in [0.15, 0.2) is 0 Å². The number of benzene rings is 1. The summed E-state index contributed by atoms with van der Waals surface area (Å²) in [4.78, 5) is 0. The summed E-state index contributed by atoms with van der Waals surface area (Å²) < 4.78 is 6.81. The maximum absolute atomic E-state index is 10.5. The van der Waals surface area contributed by atoms with Gasteiger partial charge in [-0.1, -0.05) is 11.6 Å². The Morgan fingerprint density at radius 3 is 2.19 bits per heavy atom. The topological polar surface area (TPSA) is 54.6 Å². The van der Waals surface area contributed by atoms with Gasteiger partial charge in [-0.15, -0.1) is 0 Å². The third-order valence-electron chi connectivity index (χ3n) is 4.13. The lowest BCUT2D eigenvalue weighted by atomic mass is 9.95. The molecule has 4 nitrogen and oxygen atoms in total. The average molecular weight is 308 g/mol. The van der Waals surface area contributed by atoms with Gasteiger partial charge >= 0.3 is 0 Å². The highest BCUT2D eigenvalue weighted by Crippen LogP contribution is 2.43. The predicted molar refractivity (Wildman–Crippen MR) is 82.0 cm³/mol. The molecule has 0 saturated heterocycles. The SMILES string of the molecule is COc1cc(Cl)c(C)cc1-n1c(O)c2c(c1O)CCCC2. The molecular formula is C16H18ClNO3. The van der Waals surface area contributed by atoms with E-state index in [4.69, 9.17) is 16.3 Å². The van der Waals surface area contributed by atoms with Crippen molar-refractivity contribution in [3.05, 3.63) is 33.8 Å². The summed E-state index contributed by atoms with van der Waals surface area (Å²) in [6.45, 7) is 1.88. The quantitative estimate of drug-likeness (QED) is 0.888. The van der Waals surface area contributed by atoms with Gasteiger partial charge in [0.1, 0.15) is 5.75 Å². The molecule has 1 heterocycles. The van der Waals surface area contributed by atoms with Crippen LogP contribution in [-0.4, -0.2) is 21.9 Å². The summed E-state index contributed by atoms with van der Waals surface area (Å²) in [5, 5.41) is 21.6. The number of hydrogen-bond acceptors (Lipinski definition) is 3. The second kappa shape index (κ2) is 5.19. The second-order valence-corrected chi connectivity index (χ2v) is 5.83. The normalized spacial score (nSPS) is 14.0. The van der Waals surface area contributed by atoms with E-state index in [0.29, 0.717) is 16.5 Å². The molecule has 5 heteroatoms. The monoisotopic (exact) mass is 307 g/mol. The molecule has 3 rings (SSSR count). The Bertz CT molecular complexity index is 677. The Morgan fingerprint density at radius 1 is 1.10 bits per heavy atom. The lowest BCUT2D eigenvalue weighted by Gasteiger charge is -2.14. The third-order valence-corrected chi connectivity index (χ3v) is 4.54. The molecule has 0 unspecified atom stereocenters. The van der Waals surface area contributed by atoms with Crippen LogP contribution >= 0.6 is 11.6 Å². The van der Waals surface area contributed by atoms with Crippen molar-refractivity contribution in [1.82, 2.24) is 4.57 Å². The van der Waals surface area contributed by atoms with Crippen molar-refractivity contribution in [2.24, 2.45) is 0 Å². The van der Waals surface area contributed by atoms with Crippen molar-refractivity contribution in [3.63, 3.8) is 0 Å². The van der Waals surface area contributed by atoms with Crippen molar-refractivity contribution in [1.29, 1.82) is 0 Å². The average Bonchev–Trinajstić information content (AvgIpc) is 2.74. The van der Waals surface area contributed by atoms with Crippen molar-refractivity contribution in [2.45, 2.75) is 32.6 Å². The number of methoxy groups -OCH3 is 1. The van der Waals surface area contributed by atoms with Gasteiger partial charge in [-0.2, -0.15) is 0 Å². The molecule has 2 N–H and O–H groups in total. The first kappa shape index (κ1) is 14.1. The van der Waals surface area contributed by atoms with E-state index in [0.717, 1.165) is 42.4 Å². The minimum absolute atomic E-state index is 0.0993. The van der Waals surface area contributed by atoms with Crippen molar-refractivity contribution in [3.8, 4) is 23.2 Å². The smallest absolute Gasteiger partial charge is 0.202 e. The molecule has 1 aromatic carbocycles. The fourth-order valence-corrected chi connectivity index (χ4v) is 3.14. The summed E-state index contributed by atoms with van der Waals surface area (Å²) in [7, 11) is 1.54. The van der Waals surface area contributed by atoms with Gasteiger partial charge in [0.2, 0.25) is 11.8 Å². The molecule has 1 aliphatic rings. The minimum Gasteiger partial charge on any atom is -0.494 e. The number of aryl methyl sites for hydroxylation is 1. The summed E-state index contributed by atoms with van der Waals surface area (Å²) in [6.07, 6.45) is 3.63. The van der Waals surface area contributed by atoms with Crippen LogP contribution in [0.25, 0.3) is 5.69 Å². The predicted octanol–water partition coefficient (Wildman–Crippen LogP) is 3.74. The van der Waals surface area contributed by atoms with E-state index in [9.17, 15) is 10.2 Å². The molecule has 2 aromatic rings. The van der Waals surface area contributed by atoms with Crippen molar-refractivity contribution < 1.29 is 14.9 Å². The summed E-state index contributed by atoms with van der Waals surface area (Å²) >= 11 is 6.12. The second-order valence-electron chi connectivity index (χ2n) is 5.42. The first-order chi connectivity index (χ1) is 10.0. The zero-order valence-corrected chi connectivity index (χ0v) is 12.9. The molecule has 0 spiro atoms. The molecule has 1 aliphatic carbocycles. The Hall–Kier alpha value is -1.81. The number of rotatable bonds is 2. The molecule has 21 heavy (non-hydrogen) atoms. The number of ether oxygens (including phenoxy) is 1. The lowest BCUT2D eigenvalue weighted by Crippen LogP contribution is -1.99. The lowest BCUT2D eigenvalue weighted by molar-refractivity contribution is 0.385. The number of fused-ring (bicyclic) bond motifs is 1. The van der Waals surface area contributed by atoms with Gasteiger partial charge in [-0.25, -0.2) is 4.57 Å². The molecule has 0 atom stereocenters. The molecular weight excluding hydrogens is 290 g/mol. The third kappa shape index (κ3) is 2.14. The minimum atomic E-state index is 0.0993. The largest absolute Gasteiger partial charge is 0.494 e. The zero-order valence-electron chi connectivity index (χ0n) is 12.1. The number of nitrogens with zero attached hydrogens (tertiary/aromatic N) is 1. The van der Waals surface area contributed by atoms with Gasteiger partial charge in [-0.3, -0.25) is 0 Å². The summed E-state index contributed by atoms with van der Waals surface area (Å²) in [6, 6.07) is 3.51.